The monoisotopic (exact) mass is 102 g/mol. The van der Waals surface area contributed by atoms with Gasteiger partial charge in [-0.25, -0.2) is 0 Å². The summed E-state index contributed by atoms with van der Waals surface area (Å²) < 4.78 is 4.92. The smallest absolute Gasteiger partial charge is 0.107 e. The first-order valence-corrected chi connectivity index (χ1v) is 2.42. The summed E-state index contributed by atoms with van der Waals surface area (Å²) in [6.45, 7) is 0.626. The molecule has 0 aromatic heterocycles. The van der Waals surface area contributed by atoms with Crippen LogP contribution in [0.4, 0.5) is 0 Å². The molecule has 0 saturated carbocycles. The molecule has 0 spiro atoms. The van der Waals surface area contributed by atoms with E-state index in [-0.39, 0.29) is 12.3 Å². The molecule has 1 rings (SSSR count). The molecule has 0 radical (unpaired) electrons. The van der Waals surface area contributed by atoms with Crippen LogP contribution in [0.5, 0.6) is 0 Å². The molecule has 1 fully saturated rings. The molecule has 1 aliphatic rings. The Morgan fingerprint density at radius 2 is 2.14 bits per heavy atom. The van der Waals surface area contributed by atoms with Gasteiger partial charge in [0.1, 0.15) is 6.23 Å². The van der Waals surface area contributed by atoms with Gasteiger partial charge in [0.25, 0.3) is 0 Å². The molecular weight excluding hydrogens is 92.1 g/mol. The molecule has 1 unspecified atom stereocenters. The SMILES string of the molecule is NC1C[C@@H](N)CO1. The molecule has 0 aromatic carbocycles. The van der Waals surface area contributed by atoms with Crippen molar-refractivity contribution in [2.75, 3.05) is 6.61 Å². The largest absolute Gasteiger partial charge is 0.362 e. The third kappa shape index (κ3) is 1.12. The van der Waals surface area contributed by atoms with Crippen molar-refractivity contribution in [3.8, 4) is 0 Å². The highest BCUT2D eigenvalue weighted by Gasteiger charge is 2.17. The van der Waals surface area contributed by atoms with Crippen molar-refractivity contribution in [3.63, 3.8) is 0 Å². The van der Waals surface area contributed by atoms with E-state index in [9.17, 15) is 0 Å². The van der Waals surface area contributed by atoms with Crippen LogP contribution >= 0.6 is 0 Å². The molecule has 2 atom stereocenters. The maximum Gasteiger partial charge on any atom is 0.107 e. The zero-order valence-corrected chi connectivity index (χ0v) is 4.13. The average Bonchev–Trinajstić information content (AvgIpc) is 1.87. The highest BCUT2D eigenvalue weighted by atomic mass is 16.5. The molecule has 0 aliphatic carbocycles. The molecule has 1 aliphatic heterocycles. The fourth-order valence-corrected chi connectivity index (χ4v) is 0.682. The summed E-state index contributed by atoms with van der Waals surface area (Å²) in [7, 11) is 0. The minimum absolute atomic E-state index is 0.102. The number of hydrogen-bond acceptors (Lipinski definition) is 3. The predicted molar refractivity (Wildman–Crippen MR) is 26.5 cm³/mol. The van der Waals surface area contributed by atoms with Gasteiger partial charge in [0, 0.05) is 12.5 Å². The molecule has 4 N–H and O–H groups in total. The van der Waals surface area contributed by atoms with Crippen LogP contribution < -0.4 is 11.5 Å². The lowest BCUT2D eigenvalue weighted by molar-refractivity contribution is 0.115. The molecule has 7 heavy (non-hydrogen) atoms. The first kappa shape index (κ1) is 5.03. The van der Waals surface area contributed by atoms with Gasteiger partial charge in [0.2, 0.25) is 0 Å². The van der Waals surface area contributed by atoms with E-state index in [0.717, 1.165) is 6.42 Å². The Hall–Kier alpha value is -0.120. The summed E-state index contributed by atoms with van der Waals surface area (Å²) in [5.74, 6) is 0. The zero-order chi connectivity index (χ0) is 5.28. The van der Waals surface area contributed by atoms with Crippen molar-refractivity contribution < 1.29 is 4.74 Å². The van der Waals surface area contributed by atoms with Crippen molar-refractivity contribution in [3.05, 3.63) is 0 Å². The fourth-order valence-electron chi connectivity index (χ4n) is 0.682. The van der Waals surface area contributed by atoms with Gasteiger partial charge in [-0.15, -0.1) is 0 Å². The second kappa shape index (κ2) is 1.78. The van der Waals surface area contributed by atoms with Crippen LogP contribution in [-0.2, 0) is 4.74 Å². The van der Waals surface area contributed by atoms with Gasteiger partial charge < -0.3 is 16.2 Å². The standard InChI is InChI=1S/C4H10N2O/c5-3-1-4(6)7-2-3/h3-4H,1-2,5-6H2/t3-,4?/m1/s1. The van der Waals surface area contributed by atoms with E-state index in [1.807, 2.05) is 0 Å². The van der Waals surface area contributed by atoms with Crippen molar-refractivity contribution in [2.45, 2.75) is 18.7 Å². The van der Waals surface area contributed by atoms with Gasteiger partial charge in [0.05, 0.1) is 6.61 Å². The van der Waals surface area contributed by atoms with Gasteiger partial charge in [-0.1, -0.05) is 0 Å². The Labute approximate surface area is 42.6 Å². The Morgan fingerprint density at radius 3 is 2.29 bits per heavy atom. The third-order valence-electron chi connectivity index (χ3n) is 1.06. The van der Waals surface area contributed by atoms with E-state index in [2.05, 4.69) is 0 Å². The van der Waals surface area contributed by atoms with E-state index in [4.69, 9.17) is 16.2 Å². The van der Waals surface area contributed by atoms with Crippen LogP contribution in [0.25, 0.3) is 0 Å². The molecule has 3 nitrogen and oxygen atoms in total. The van der Waals surface area contributed by atoms with E-state index < -0.39 is 0 Å². The van der Waals surface area contributed by atoms with Crippen LogP contribution in [0.2, 0.25) is 0 Å². The Balaban J connectivity index is 2.26. The number of rotatable bonds is 0. The van der Waals surface area contributed by atoms with Crippen LogP contribution in [0.3, 0.4) is 0 Å². The molecule has 1 saturated heterocycles. The van der Waals surface area contributed by atoms with Crippen LogP contribution in [0, 0.1) is 0 Å². The van der Waals surface area contributed by atoms with E-state index in [1.54, 1.807) is 0 Å². The molecule has 3 heteroatoms. The maximum atomic E-state index is 5.42. The Bertz CT molecular complexity index is 58.7. The van der Waals surface area contributed by atoms with Crippen LogP contribution in [-0.4, -0.2) is 18.9 Å². The Kier molecular flexibility index (Phi) is 1.27. The molecule has 0 aromatic rings. The van der Waals surface area contributed by atoms with Crippen molar-refractivity contribution >= 4 is 0 Å². The van der Waals surface area contributed by atoms with Crippen molar-refractivity contribution in [1.29, 1.82) is 0 Å². The maximum absolute atomic E-state index is 5.42. The number of hydrogen-bond donors (Lipinski definition) is 2. The summed E-state index contributed by atoms with van der Waals surface area (Å²) in [6.07, 6.45) is 0.704. The lowest BCUT2D eigenvalue weighted by atomic mass is 10.3. The van der Waals surface area contributed by atoms with Gasteiger partial charge in [-0.05, 0) is 0 Å². The minimum atomic E-state index is -0.102. The summed E-state index contributed by atoms with van der Waals surface area (Å²) in [5.41, 5.74) is 10.7. The molecule has 1 heterocycles. The minimum Gasteiger partial charge on any atom is -0.362 e. The van der Waals surface area contributed by atoms with E-state index in [0.29, 0.717) is 6.61 Å². The van der Waals surface area contributed by atoms with E-state index in [1.165, 1.54) is 0 Å². The topological polar surface area (TPSA) is 61.3 Å². The second-order valence-corrected chi connectivity index (χ2v) is 1.87. The van der Waals surface area contributed by atoms with E-state index >= 15 is 0 Å². The first-order chi connectivity index (χ1) is 3.29. The average molecular weight is 102 g/mol. The van der Waals surface area contributed by atoms with Gasteiger partial charge in [-0.2, -0.15) is 0 Å². The van der Waals surface area contributed by atoms with Gasteiger partial charge >= 0.3 is 0 Å². The molecule has 0 amide bonds. The lowest BCUT2D eigenvalue weighted by Crippen LogP contribution is -2.21. The summed E-state index contributed by atoms with van der Waals surface area (Å²) in [5, 5.41) is 0. The zero-order valence-electron chi connectivity index (χ0n) is 4.13. The molecule has 0 bridgehead atoms. The van der Waals surface area contributed by atoms with Gasteiger partial charge in [-0.3, -0.25) is 0 Å². The highest BCUT2D eigenvalue weighted by Crippen LogP contribution is 2.04. The predicted octanol–water partition coefficient (Wildman–Crippen LogP) is -0.981. The highest BCUT2D eigenvalue weighted by molar-refractivity contribution is 4.70. The second-order valence-electron chi connectivity index (χ2n) is 1.87. The number of nitrogens with two attached hydrogens (primary N) is 2. The summed E-state index contributed by atoms with van der Waals surface area (Å²) >= 11 is 0. The molecule has 42 valence electrons. The third-order valence-corrected chi connectivity index (χ3v) is 1.06. The van der Waals surface area contributed by atoms with Crippen LogP contribution in [0.15, 0.2) is 0 Å². The first-order valence-electron chi connectivity index (χ1n) is 2.42. The van der Waals surface area contributed by atoms with Gasteiger partial charge in [0.15, 0.2) is 0 Å². The Morgan fingerprint density at radius 1 is 1.43 bits per heavy atom. The fraction of sp³-hybridized carbons (Fsp3) is 1.00. The van der Waals surface area contributed by atoms with Crippen LogP contribution in [0.1, 0.15) is 6.42 Å². The normalized spacial score (nSPS) is 42.0. The molecular formula is C4H10N2O. The number of ether oxygens (including phenoxy) is 1. The summed E-state index contributed by atoms with van der Waals surface area (Å²) in [4.78, 5) is 0. The quantitative estimate of drug-likeness (QED) is 0.413. The van der Waals surface area contributed by atoms with Crippen molar-refractivity contribution in [1.82, 2.24) is 0 Å². The summed E-state index contributed by atoms with van der Waals surface area (Å²) in [6, 6.07) is 0.176. The lowest BCUT2D eigenvalue weighted by Gasteiger charge is -1.95. The van der Waals surface area contributed by atoms with Crippen molar-refractivity contribution in [2.24, 2.45) is 11.5 Å².